The fourth-order valence-corrected chi connectivity index (χ4v) is 1.80. The molecule has 0 fully saturated rings. The lowest BCUT2D eigenvalue weighted by Crippen LogP contribution is -2.05. The summed E-state index contributed by atoms with van der Waals surface area (Å²) in [6.45, 7) is 3.68. The summed E-state index contributed by atoms with van der Waals surface area (Å²) >= 11 is 6.83. The Morgan fingerprint density at radius 2 is 2.12 bits per heavy atom. The first-order chi connectivity index (χ1) is 7.43. The zero-order chi connectivity index (χ0) is 12.2. The van der Waals surface area contributed by atoms with E-state index in [1.54, 1.807) is 0 Å². The number of alkyl halides is 4. The highest BCUT2D eigenvalue weighted by atomic mass is 35.5. The van der Waals surface area contributed by atoms with Gasteiger partial charge in [0.05, 0.1) is 10.6 Å². The number of thioether (sulfide) groups is 1. The van der Waals surface area contributed by atoms with Gasteiger partial charge in [-0.2, -0.15) is 13.2 Å². The van der Waals surface area contributed by atoms with Gasteiger partial charge in [-0.25, -0.2) is 4.98 Å². The molecule has 0 atom stereocenters. The summed E-state index contributed by atoms with van der Waals surface area (Å²) in [5.74, 6) is 0.898. The summed E-state index contributed by atoms with van der Waals surface area (Å²) in [5.41, 5.74) is 0.0707. The van der Waals surface area contributed by atoms with Crippen LogP contribution in [-0.2, 0) is 6.18 Å². The van der Waals surface area contributed by atoms with Crippen molar-refractivity contribution in [1.82, 2.24) is 4.98 Å². The van der Waals surface area contributed by atoms with Gasteiger partial charge in [0.2, 0.25) is 0 Å². The Morgan fingerprint density at radius 3 is 2.56 bits per heavy atom. The van der Waals surface area contributed by atoms with E-state index in [0.717, 1.165) is 17.8 Å². The molecule has 16 heavy (non-hydrogen) atoms. The molecule has 0 aliphatic rings. The molecule has 1 rings (SSSR count). The number of nitrogens with zero attached hydrogens (tertiary/aromatic N) is 1. The molecule has 0 spiro atoms. The SMILES string of the molecule is C=C(CCl)CSc1ccc(C(F)(F)F)cn1. The smallest absolute Gasteiger partial charge is 0.249 e. The molecule has 1 aromatic rings. The summed E-state index contributed by atoms with van der Waals surface area (Å²) in [4.78, 5) is 3.71. The Hall–Kier alpha value is -0.680. The Balaban J connectivity index is 2.62. The second-order valence-electron chi connectivity index (χ2n) is 3.06. The van der Waals surface area contributed by atoms with Crippen LogP contribution in [0.3, 0.4) is 0 Å². The Bertz CT molecular complexity index is 361. The van der Waals surface area contributed by atoms with Crippen molar-refractivity contribution in [2.45, 2.75) is 11.2 Å². The molecule has 0 aliphatic heterocycles. The summed E-state index contributed by atoms with van der Waals surface area (Å²) < 4.78 is 36.6. The van der Waals surface area contributed by atoms with Crippen LogP contribution in [0.15, 0.2) is 35.5 Å². The van der Waals surface area contributed by atoms with Crippen LogP contribution in [0.25, 0.3) is 0 Å². The first-order valence-corrected chi connectivity index (χ1v) is 5.84. The maximum Gasteiger partial charge on any atom is 0.417 e. The average molecular weight is 268 g/mol. The van der Waals surface area contributed by atoms with Crippen LogP contribution in [0.5, 0.6) is 0 Å². The second-order valence-corrected chi connectivity index (χ2v) is 4.32. The fraction of sp³-hybridized carbons (Fsp3) is 0.300. The average Bonchev–Trinajstić information content (AvgIpc) is 2.25. The number of hydrogen-bond donors (Lipinski definition) is 0. The van der Waals surface area contributed by atoms with Gasteiger partial charge in [-0.15, -0.1) is 23.4 Å². The third kappa shape index (κ3) is 4.06. The van der Waals surface area contributed by atoms with E-state index < -0.39 is 11.7 Å². The third-order valence-corrected chi connectivity index (χ3v) is 3.14. The first kappa shape index (κ1) is 13.4. The van der Waals surface area contributed by atoms with E-state index in [1.165, 1.54) is 17.8 Å². The molecule has 0 radical (unpaired) electrons. The van der Waals surface area contributed by atoms with Gasteiger partial charge in [0.15, 0.2) is 0 Å². The maximum absolute atomic E-state index is 12.2. The van der Waals surface area contributed by atoms with E-state index in [9.17, 15) is 13.2 Å². The van der Waals surface area contributed by atoms with Crippen LogP contribution in [-0.4, -0.2) is 16.6 Å². The van der Waals surface area contributed by atoms with Crippen molar-refractivity contribution in [3.63, 3.8) is 0 Å². The number of halogens is 4. The van der Waals surface area contributed by atoms with Crippen molar-refractivity contribution >= 4 is 23.4 Å². The van der Waals surface area contributed by atoms with Gasteiger partial charge < -0.3 is 0 Å². The molecular formula is C10H9ClF3NS. The van der Waals surface area contributed by atoms with Gasteiger partial charge >= 0.3 is 6.18 Å². The van der Waals surface area contributed by atoms with Crippen molar-refractivity contribution in [1.29, 1.82) is 0 Å². The number of rotatable bonds is 4. The van der Waals surface area contributed by atoms with Crippen LogP contribution in [0.4, 0.5) is 13.2 Å². The summed E-state index contributed by atoms with van der Waals surface area (Å²) in [5, 5.41) is 0.527. The van der Waals surface area contributed by atoms with Crippen molar-refractivity contribution in [3.8, 4) is 0 Å². The number of aromatic nitrogens is 1. The van der Waals surface area contributed by atoms with Gasteiger partial charge in [0.1, 0.15) is 0 Å². The molecule has 1 aromatic heterocycles. The molecule has 0 bridgehead atoms. The second kappa shape index (κ2) is 5.59. The van der Waals surface area contributed by atoms with Crippen LogP contribution in [0.2, 0.25) is 0 Å². The van der Waals surface area contributed by atoms with Gasteiger partial charge in [0.25, 0.3) is 0 Å². The lowest BCUT2D eigenvalue weighted by molar-refractivity contribution is -0.137. The van der Waals surface area contributed by atoms with Crippen molar-refractivity contribution in [2.75, 3.05) is 11.6 Å². The van der Waals surface area contributed by atoms with Crippen LogP contribution < -0.4 is 0 Å². The van der Waals surface area contributed by atoms with Crippen LogP contribution >= 0.6 is 23.4 Å². The zero-order valence-corrected chi connectivity index (χ0v) is 9.79. The van der Waals surface area contributed by atoms with Crippen LogP contribution in [0, 0.1) is 0 Å². The Labute approximate surface area is 101 Å². The number of hydrogen-bond acceptors (Lipinski definition) is 2. The molecule has 1 heterocycles. The summed E-state index contributed by atoms with van der Waals surface area (Å²) in [6, 6.07) is 2.35. The maximum atomic E-state index is 12.2. The van der Waals surface area contributed by atoms with E-state index >= 15 is 0 Å². The van der Waals surface area contributed by atoms with E-state index in [1.807, 2.05) is 0 Å². The molecule has 0 unspecified atom stereocenters. The van der Waals surface area contributed by atoms with Crippen molar-refractivity contribution in [2.24, 2.45) is 0 Å². The topological polar surface area (TPSA) is 12.9 Å². The minimum Gasteiger partial charge on any atom is -0.249 e. The van der Waals surface area contributed by atoms with Crippen molar-refractivity contribution in [3.05, 3.63) is 36.0 Å². The first-order valence-electron chi connectivity index (χ1n) is 4.32. The van der Waals surface area contributed by atoms with E-state index in [2.05, 4.69) is 11.6 Å². The Kier molecular flexibility index (Phi) is 4.68. The molecule has 1 nitrogen and oxygen atoms in total. The molecule has 0 saturated heterocycles. The van der Waals surface area contributed by atoms with Gasteiger partial charge in [-0.05, 0) is 12.1 Å². The minimum atomic E-state index is -4.34. The predicted octanol–water partition coefficient (Wildman–Crippen LogP) is 3.99. The molecule has 6 heteroatoms. The quantitative estimate of drug-likeness (QED) is 0.465. The largest absolute Gasteiger partial charge is 0.417 e. The normalized spacial score (nSPS) is 11.5. The van der Waals surface area contributed by atoms with E-state index in [0.29, 0.717) is 16.7 Å². The van der Waals surface area contributed by atoms with Crippen LogP contribution in [0.1, 0.15) is 5.56 Å². The highest BCUT2D eigenvalue weighted by Gasteiger charge is 2.30. The fourth-order valence-electron chi connectivity index (χ4n) is 0.848. The summed E-state index contributed by atoms with van der Waals surface area (Å²) in [6.07, 6.45) is -3.51. The highest BCUT2D eigenvalue weighted by molar-refractivity contribution is 7.99. The molecular weight excluding hydrogens is 259 g/mol. The molecule has 0 N–H and O–H groups in total. The van der Waals surface area contributed by atoms with E-state index in [4.69, 9.17) is 11.6 Å². The third-order valence-electron chi connectivity index (χ3n) is 1.68. The van der Waals surface area contributed by atoms with Crippen molar-refractivity contribution < 1.29 is 13.2 Å². The lowest BCUT2D eigenvalue weighted by Gasteiger charge is -2.06. The van der Waals surface area contributed by atoms with E-state index in [-0.39, 0.29) is 0 Å². The standard InChI is InChI=1S/C10H9ClF3NS/c1-7(4-11)6-16-9-3-2-8(5-15-9)10(12,13)14/h2-3,5H,1,4,6H2. The predicted molar refractivity (Wildman–Crippen MR) is 59.8 cm³/mol. The molecule has 0 saturated carbocycles. The highest BCUT2D eigenvalue weighted by Crippen LogP contribution is 2.29. The van der Waals surface area contributed by atoms with Gasteiger partial charge in [-0.3, -0.25) is 0 Å². The zero-order valence-electron chi connectivity index (χ0n) is 8.22. The minimum absolute atomic E-state index is 0.341. The Morgan fingerprint density at radius 1 is 1.44 bits per heavy atom. The molecule has 88 valence electrons. The molecule has 0 amide bonds. The monoisotopic (exact) mass is 267 g/mol. The van der Waals surface area contributed by atoms with Gasteiger partial charge in [-0.1, -0.05) is 12.2 Å². The number of pyridine rings is 1. The molecule has 0 aromatic carbocycles. The lowest BCUT2D eigenvalue weighted by atomic mass is 10.3. The molecule has 0 aliphatic carbocycles. The van der Waals surface area contributed by atoms with Gasteiger partial charge in [0, 0.05) is 17.8 Å². The summed E-state index contributed by atoms with van der Waals surface area (Å²) in [7, 11) is 0.